The highest BCUT2D eigenvalue weighted by atomic mass is 17.2. The van der Waals surface area contributed by atoms with Crippen molar-refractivity contribution in [1.29, 1.82) is 0 Å². The molecule has 0 amide bonds. The van der Waals surface area contributed by atoms with Gasteiger partial charge in [0.05, 0.1) is 0 Å². The number of hydrogen-bond donors (Lipinski definition) is 0. The van der Waals surface area contributed by atoms with Crippen LogP contribution in [-0.4, -0.2) is 19.0 Å². The Balaban J connectivity index is 3.90. The van der Waals surface area contributed by atoms with E-state index in [-0.39, 0.29) is 6.29 Å². The molecule has 0 saturated heterocycles. The van der Waals surface area contributed by atoms with Crippen LogP contribution >= 0.6 is 0 Å². The molecular formula is C19H38O3. The first-order valence-electron chi connectivity index (χ1n) is 8.88. The van der Waals surface area contributed by atoms with Gasteiger partial charge in [-0.3, -0.25) is 0 Å². The van der Waals surface area contributed by atoms with Gasteiger partial charge in [0.25, 0.3) is 0 Å². The Hall–Kier alpha value is -0.380. The summed E-state index contributed by atoms with van der Waals surface area (Å²) in [5.74, 6) is 0.321. The summed E-state index contributed by atoms with van der Waals surface area (Å²) in [4.78, 5) is 11.0. The van der Waals surface area contributed by atoms with E-state index in [0.29, 0.717) is 5.92 Å². The van der Waals surface area contributed by atoms with E-state index in [1.54, 1.807) is 7.11 Å². The maximum absolute atomic E-state index is 5.51. The van der Waals surface area contributed by atoms with Gasteiger partial charge in [-0.1, -0.05) is 65.4 Å². The minimum Gasteiger partial charge on any atom is -0.353 e. The molecule has 3 nitrogen and oxygen atoms in total. The molecule has 0 rings (SSSR count). The fraction of sp³-hybridized carbons (Fsp3) is 0.895. The van der Waals surface area contributed by atoms with Crippen molar-refractivity contribution in [2.24, 2.45) is 5.92 Å². The third-order valence-corrected chi connectivity index (χ3v) is 4.34. The summed E-state index contributed by atoms with van der Waals surface area (Å²) in [5, 5.41) is 0. The second kappa shape index (κ2) is 12.1. The fourth-order valence-corrected chi connectivity index (χ4v) is 2.16. The minimum absolute atomic E-state index is 0.321. The molecule has 2 atom stereocenters. The van der Waals surface area contributed by atoms with Crippen molar-refractivity contribution >= 4 is 0 Å². The lowest BCUT2D eigenvalue weighted by Crippen LogP contribution is -2.32. The van der Waals surface area contributed by atoms with Crippen LogP contribution in [0, 0.1) is 5.92 Å². The van der Waals surface area contributed by atoms with Gasteiger partial charge in [-0.15, -0.1) is 0 Å². The maximum Gasteiger partial charge on any atom is 0.193 e. The molecule has 0 radical (unpaired) electrons. The minimum atomic E-state index is -0.490. The zero-order valence-corrected chi connectivity index (χ0v) is 15.7. The van der Waals surface area contributed by atoms with Crippen LogP contribution in [0.4, 0.5) is 0 Å². The molecule has 3 heteroatoms. The van der Waals surface area contributed by atoms with Gasteiger partial charge in [0.2, 0.25) is 0 Å². The van der Waals surface area contributed by atoms with E-state index >= 15 is 0 Å². The quantitative estimate of drug-likeness (QED) is 0.129. The second-order valence-electron chi connectivity index (χ2n) is 6.96. The lowest BCUT2D eigenvalue weighted by molar-refractivity contribution is -0.417. The maximum atomic E-state index is 5.51. The molecule has 22 heavy (non-hydrogen) atoms. The van der Waals surface area contributed by atoms with Crippen molar-refractivity contribution in [3.8, 4) is 0 Å². The Morgan fingerprint density at radius 2 is 1.59 bits per heavy atom. The largest absolute Gasteiger partial charge is 0.353 e. The van der Waals surface area contributed by atoms with Crippen molar-refractivity contribution in [3.63, 3.8) is 0 Å². The Morgan fingerprint density at radius 1 is 1.05 bits per heavy atom. The fourth-order valence-electron chi connectivity index (χ4n) is 2.16. The molecule has 0 bridgehead atoms. The summed E-state index contributed by atoms with van der Waals surface area (Å²) < 4.78 is 5.42. The topological polar surface area (TPSA) is 27.7 Å². The molecular weight excluding hydrogens is 276 g/mol. The molecule has 0 aliphatic heterocycles. The van der Waals surface area contributed by atoms with Gasteiger partial charge in [0.1, 0.15) is 5.60 Å². The molecule has 0 aliphatic carbocycles. The van der Waals surface area contributed by atoms with Crippen molar-refractivity contribution in [2.75, 3.05) is 7.11 Å². The van der Waals surface area contributed by atoms with Crippen LogP contribution in [0.15, 0.2) is 12.2 Å². The molecule has 0 fully saturated rings. The molecule has 0 heterocycles. The summed E-state index contributed by atoms with van der Waals surface area (Å²) in [6.07, 6.45) is 10.0. The highest BCUT2D eigenvalue weighted by molar-refractivity contribution is 5.04. The normalized spacial score (nSPS) is 14.8. The lowest BCUT2D eigenvalue weighted by atomic mass is 10.0. The lowest BCUT2D eigenvalue weighted by Gasteiger charge is -2.28. The van der Waals surface area contributed by atoms with Crippen LogP contribution in [0.2, 0.25) is 0 Å². The number of unbranched alkanes of at least 4 members (excludes halogenated alkanes) is 6. The molecule has 0 aromatic heterocycles. The second-order valence-corrected chi connectivity index (χ2v) is 6.96. The molecule has 0 N–H and O–H groups in total. The average Bonchev–Trinajstić information content (AvgIpc) is 2.46. The van der Waals surface area contributed by atoms with Gasteiger partial charge in [0.15, 0.2) is 6.29 Å². The van der Waals surface area contributed by atoms with Crippen molar-refractivity contribution in [1.82, 2.24) is 0 Å². The summed E-state index contributed by atoms with van der Waals surface area (Å²) in [6.45, 7) is 14.2. The monoisotopic (exact) mass is 314 g/mol. The van der Waals surface area contributed by atoms with E-state index in [0.717, 1.165) is 12.0 Å². The highest BCUT2D eigenvalue weighted by Crippen LogP contribution is 2.23. The predicted octanol–water partition coefficient (Wildman–Crippen LogP) is 6.04. The summed E-state index contributed by atoms with van der Waals surface area (Å²) in [7, 11) is 1.67. The van der Waals surface area contributed by atoms with E-state index in [9.17, 15) is 0 Å². The summed E-state index contributed by atoms with van der Waals surface area (Å²) in [6, 6.07) is 0. The van der Waals surface area contributed by atoms with E-state index in [4.69, 9.17) is 14.5 Å². The van der Waals surface area contributed by atoms with Crippen molar-refractivity contribution in [2.45, 2.75) is 97.9 Å². The number of methoxy groups -OCH3 is 1. The predicted molar refractivity (Wildman–Crippen MR) is 93.6 cm³/mol. The van der Waals surface area contributed by atoms with Crippen molar-refractivity contribution < 1.29 is 14.5 Å². The number of ether oxygens (including phenoxy) is 1. The van der Waals surface area contributed by atoms with Crippen LogP contribution in [-0.2, 0) is 14.5 Å². The first kappa shape index (κ1) is 21.6. The van der Waals surface area contributed by atoms with Crippen LogP contribution in [0.25, 0.3) is 0 Å². The van der Waals surface area contributed by atoms with E-state index in [1.807, 2.05) is 20.8 Å². The number of hydrogen-bond acceptors (Lipinski definition) is 3. The van der Waals surface area contributed by atoms with Crippen LogP contribution < -0.4 is 0 Å². The van der Waals surface area contributed by atoms with Gasteiger partial charge >= 0.3 is 0 Å². The van der Waals surface area contributed by atoms with Gasteiger partial charge < -0.3 is 4.74 Å². The van der Waals surface area contributed by atoms with Gasteiger partial charge in [-0.05, 0) is 32.8 Å². The molecule has 0 aromatic carbocycles. The highest BCUT2D eigenvalue weighted by Gasteiger charge is 2.25. The molecule has 0 aromatic rings. The number of rotatable bonds is 14. The molecule has 0 spiro atoms. The van der Waals surface area contributed by atoms with Crippen molar-refractivity contribution in [3.05, 3.63) is 12.2 Å². The van der Waals surface area contributed by atoms with Gasteiger partial charge in [0, 0.05) is 13.0 Å². The third kappa shape index (κ3) is 9.60. The summed E-state index contributed by atoms with van der Waals surface area (Å²) in [5.41, 5.74) is 0.442. The van der Waals surface area contributed by atoms with Gasteiger partial charge in [-0.25, -0.2) is 9.78 Å². The Labute approximate surface area is 138 Å². The van der Waals surface area contributed by atoms with Gasteiger partial charge in [-0.2, -0.15) is 0 Å². The Kier molecular flexibility index (Phi) is 11.9. The van der Waals surface area contributed by atoms with E-state index in [2.05, 4.69) is 20.4 Å². The first-order valence-corrected chi connectivity index (χ1v) is 8.88. The average molecular weight is 315 g/mol. The smallest absolute Gasteiger partial charge is 0.193 e. The Bertz CT molecular complexity index is 286. The zero-order valence-electron chi connectivity index (χ0n) is 15.7. The zero-order chi connectivity index (χ0) is 17.0. The Morgan fingerprint density at radius 3 is 2.09 bits per heavy atom. The van der Waals surface area contributed by atoms with E-state index in [1.165, 1.54) is 44.9 Å². The SMILES string of the molecule is C=C(C)C(C)(C)OOC(OC)C(C)CCCCCCCCC. The van der Waals surface area contributed by atoms with Crippen LogP contribution in [0.3, 0.4) is 0 Å². The molecule has 0 saturated carbocycles. The molecule has 0 aliphatic rings. The third-order valence-electron chi connectivity index (χ3n) is 4.34. The molecule has 132 valence electrons. The first-order chi connectivity index (χ1) is 10.3. The van der Waals surface area contributed by atoms with Crippen LogP contribution in [0.5, 0.6) is 0 Å². The van der Waals surface area contributed by atoms with E-state index < -0.39 is 5.60 Å². The van der Waals surface area contributed by atoms with Crippen LogP contribution in [0.1, 0.15) is 86.0 Å². The summed E-state index contributed by atoms with van der Waals surface area (Å²) >= 11 is 0. The standard InChI is InChI=1S/C19H38O3/c1-8-9-10-11-12-13-14-15-17(4)18(20-7)21-22-19(5,6)16(2)3/h17-18H,2,8-15H2,1,3-7H3. The molecule has 2 unspecified atom stereocenters.